The largest absolute Gasteiger partial charge is 0.506 e. The third-order valence-electron chi connectivity index (χ3n) is 3.13. The molecule has 0 fully saturated rings. The van der Waals surface area contributed by atoms with Gasteiger partial charge in [-0.3, -0.25) is 9.59 Å². The highest BCUT2D eigenvalue weighted by atomic mass is 16.3. The molecule has 1 amide bonds. The van der Waals surface area contributed by atoms with Crippen molar-refractivity contribution in [2.45, 2.75) is 0 Å². The monoisotopic (exact) mass is 280 g/mol. The quantitative estimate of drug-likeness (QED) is 0.449. The average Bonchev–Trinajstić information content (AvgIpc) is 2.50. The van der Waals surface area contributed by atoms with Gasteiger partial charge in [-0.2, -0.15) is 0 Å². The summed E-state index contributed by atoms with van der Waals surface area (Å²) in [6.07, 6.45) is 1.22. The zero-order valence-electron chi connectivity index (χ0n) is 11.0. The number of ketones is 1. The molecule has 3 rings (SSSR count). The van der Waals surface area contributed by atoms with Crippen LogP contribution in [0.25, 0.3) is 0 Å². The van der Waals surface area contributed by atoms with Gasteiger partial charge in [-0.25, -0.2) is 0 Å². The van der Waals surface area contributed by atoms with E-state index < -0.39 is 5.91 Å². The zero-order chi connectivity index (χ0) is 14.8. The number of benzene rings is 2. The van der Waals surface area contributed by atoms with Gasteiger partial charge >= 0.3 is 0 Å². The van der Waals surface area contributed by atoms with Crippen LogP contribution in [-0.2, 0) is 4.79 Å². The highest BCUT2D eigenvalue weighted by Crippen LogP contribution is 2.35. The van der Waals surface area contributed by atoms with Crippen molar-refractivity contribution < 1.29 is 14.7 Å². The third-order valence-corrected chi connectivity index (χ3v) is 3.13. The number of nitrogens with one attached hydrogen (secondary N) is 2. The number of phenols is 1. The second-order valence-corrected chi connectivity index (χ2v) is 4.57. The number of phenolic OH excluding ortho intramolecular Hbond substituents is 1. The SMILES string of the molecule is O=C1Nc2cccc(O)c2NC1=CC(=O)c1ccccc1. The zero-order valence-corrected chi connectivity index (χ0v) is 11.0. The molecular formula is C16H12N2O3. The maximum atomic E-state index is 12.1. The minimum absolute atomic E-state index is 0.00515. The van der Waals surface area contributed by atoms with Crippen LogP contribution in [0.2, 0.25) is 0 Å². The Morgan fingerprint density at radius 2 is 1.76 bits per heavy atom. The number of hydrogen-bond acceptors (Lipinski definition) is 4. The van der Waals surface area contributed by atoms with Gasteiger partial charge in [-0.15, -0.1) is 0 Å². The van der Waals surface area contributed by atoms with Crippen LogP contribution in [0, 0.1) is 0 Å². The fourth-order valence-corrected chi connectivity index (χ4v) is 2.08. The van der Waals surface area contributed by atoms with Crippen molar-refractivity contribution in [2.75, 3.05) is 10.6 Å². The van der Waals surface area contributed by atoms with Crippen LogP contribution in [-0.4, -0.2) is 16.8 Å². The van der Waals surface area contributed by atoms with Crippen LogP contribution in [0.5, 0.6) is 5.75 Å². The van der Waals surface area contributed by atoms with Crippen LogP contribution >= 0.6 is 0 Å². The fraction of sp³-hybridized carbons (Fsp3) is 0. The summed E-state index contributed by atoms with van der Waals surface area (Å²) in [6.45, 7) is 0. The Balaban J connectivity index is 1.93. The van der Waals surface area contributed by atoms with Crippen LogP contribution in [0.15, 0.2) is 60.3 Å². The van der Waals surface area contributed by atoms with Crippen LogP contribution < -0.4 is 10.6 Å². The summed E-state index contributed by atoms with van der Waals surface area (Å²) in [5, 5.41) is 15.2. The van der Waals surface area contributed by atoms with Crippen molar-refractivity contribution in [3.8, 4) is 5.75 Å². The summed E-state index contributed by atoms with van der Waals surface area (Å²) < 4.78 is 0. The molecule has 1 aliphatic rings. The molecule has 0 bridgehead atoms. The van der Waals surface area contributed by atoms with Crippen LogP contribution in [0.3, 0.4) is 0 Å². The molecule has 2 aromatic carbocycles. The molecule has 21 heavy (non-hydrogen) atoms. The maximum Gasteiger partial charge on any atom is 0.272 e. The number of hydrogen-bond donors (Lipinski definition) is 3. The lowest BCUT2D eigenvalue weighted by atomic mass is 10.1. The minimum atomic E-state index is -0.419. The van der Waals surface area contributed by atoms with Crippen molar-refractivity contribution in [1.82, 2.24) is 0 Å². The summed E-state index contributed by atoms with van der Waals surface area (Å²) in [4.78, 5) is 24.1. The van der Waals surface area contributed by atoms with Crippen LogP contribution in [0.1, 0.15) is 10.4 Å². The van der Waals surface area contributed by atoms with E-state index in [-0.39, 0.29) is 17.2 Å². The lowest BCUT2D eigenvalue weighted by Gasteiger charge is -2.21. The number of fused-ring (bicyclic) bond motifs is 1. The molecule has 0 saturated carbocycles. The first-order valence-corrected chi connectivity index (χ1v) is 6.36. The number of para-hydroxylation sites is 1. The fourth-order valence-electron chi connectivity index (χ4n) is 2.08. The first-order chi connectivity index (χ1) is 10.1. The molecular weight excluding hydrogens is 268 g/mol. The number of carbonyl (C=O) groups excluding carboxylic acids is 2. The Labute approximate surface area is 120 Å². The normalized spacial score (nSPS) is 15.0. The molecule has 3 N–H and O–H groups in total. The smallest absolute Gasteiger partial charge is 0.272 e. The predicted molar refractivity (Wildman–Crippen MR) is 79.2 cm³/mol. The van der Waals surface area contributed by atoms with Crippen molar-refractivity contribution in [2.24, 2.45) is 0 Å². The molecule has 0 aliphatic carbocycles. The average molecular weight is 280 g/mol. The second kappa shape index (κ2) is 5.13. The van der Waals surface area contributed by atoms with E-state index in [2.05, 4.69) is 10.6 Å². The molecule has 5 heteroatoms. The highest BCUT2D eigenvalue weighted by molar-refractivity contribution is 6.17. The van der Waals surface area contributed by atoms with Crippen molar-refractivity contribution in [3.63, 3.8) is 0 Å². The standard InChI is InChI=1S/C16H12N2O3/c19-13-8-4-7-11-15(13)17-12(16(21)18-11)9-14(20)10-5-2-1-3-6-10/h1-9,17,19H,(H,18,21). The van der Waals surface area contributed by atoms with Crippen molar-refractivity contribution in [3.05, 3.63) is 65.9 Å². The Morgan fingerprint density at radius 1 is 1.00 bits per heavy atom. The number of amides is 1. The molecule has 1 heterocycles. The van der Waals surface area contributed by atoms with Crippen LogP contribution in [0.4, 0.5) is 11.4 Å². The number of aromatic hydroxyl groups is 1. The van der Waals surface area contributed by atoms with Gasteiger partial charge in [-0.05, 0) is 12.1 Å². The van der Waals surface area contributed by atoms with Crippen molar-refractivity contribution >= 4 is 23.1 Å². The lowest BCUT2D eigenvalue weighted by Crippen LogP contribution is -2.26. The minimum Gasteiger partial charge on any atom is -0.506 e. The van der Waals surface area contributed by atoms with Gasteiger partial charge in [0.2, 0.25) is 0 Å². The summed E-state index contributed by atoms with van der Waals surface area (Å²) in [5.41, 5.74) is 1.44. The first kappa shape index (κ1) is 12.9. The number of carbonyl (C=O) groups is 2. The second-order valence-electron chi connectivity index (χ2n) is 4.57. The van der Waals surface area contributed by atoms with E-state index in [4.69, 9.17) is 0 Å². The summed E-state index contributed by atoms with van der Waals surface area (Å²) in [5.74, 6) is -0.699. The number of rotatable bonds is 2. The summed E-state index contributed by atoms with van der Waals surface area (Å²) >= 11 is 0. The van der Waals surface area contributed by atoms with E-state index in [0.717, 1.165) is 0 Å². The van der Waals surface area contributed by atoms with E-state index >= 15 is 0 Å². The molecule has 0 radical (unpaired) electrons. The van der Waals surface area contributed by atoms with E-state index in [1.165, 1.54) is 12.1 Å². The third kappa shape index (κ3) is 2.49. The van der Waals surface area contributed by atoms with Gasteiger partial charge in [-0.1, -0.05) is 36.4 Å². The van der Waals surface area contributed by atoms with Gasteiger partial charge in [0.1, 0.15) is 17.1 Å². The molecule has 1 aliphatic heterocycles. The molecule has 2 aromatic rings. The van der Waals surface area contributed by atoms with Gasteiger partial charge in [0.25, 0.3) is 5.91 Å². The van der Waals surface area contributed by atoms with E-state index in [0.29, 0.717) is 16.9 Å². The van der Waals surface area contributed by atoms with Gasteiger partial charge in [0.05, 0.1) is 5.69 Å². The molecule has 5 nitrogen and oxygen atoms in total. The maximum absolute atomic E-state index is 12.1. The Hall–Kier alpha value is -3.08. The Kier molecular flexibility index (Phi) is 3.16. The molecule has 0 aromatic heterocycles. The number of anilines is 2. The van der Waals surface area contributed by atoms with Crippen molar-refractivity contribution in [1.29, 1.82) is 0 Å². The van der Waals surface area contributed by atoms with Gasteiger partial charge in [0, 0.05) is 11.6 Å². The summed E-state index contributed by atoms with van der Waals surface area (Å²) in [6, 6.07) is 13.4. The first-order valence-electron chi connectivity index (χ1n) is 6.36. The lowest BCUT2D eigenvalue weighted by molar-refractivity contribution is -0.112. The van der Waals surface area contributed by atoms with Gasteiger partial charge in [0.15, 0.2) is 5.78 Å². The number of allylic oxidation sites excluding steroid dienone is 1. The Bertz CT molecular complexity index is 751. The molecule has 0 spiro atoms. The van der Waals surface area contributed by atoms with Gasteiger partial charge < -0.3 is 15.7 Å². The highest BCUT2D eigenvalue weighted by Gasteiger charge is 2.22. The summed E-state index contributed by atoms with van der Waals surface area (Å²) in [7, 11) is 0. The molecule has 0 unspecified atom stereocenters. The van der Waals surface area contributed by atoms with E-state index in [1.807, 2.05) is 6.07 Å². The van der Waals surface area contributed by atoms with E-state index in [1.54, 1.807) is 36.4 Å². The molecule has 0 atom stereocenters. The molecule has 0 saturated heterocycles. The Morgan fingerprint density at radius 3 is 2.52 bits per heavy atom. The van der Waals surface area contributed by atoms with E-state index in [9.17, 15) is 14.7 Å². The molecule has 104 valence electrons. The predicted octanol–water partition coefficient (Wildman–Crippen LogP) is 2.52. The topological polar surface area (TPSA) is 78.4 Å².